The van der Waals surface area contributed by atoms with E-state index in [-0.39, 0.29) is 17.1 Å². The Labute approximate surface area is 160 Å². The van der Waals surface area contributed by atoms with Crippen LogP contribution in [0.2, 0.25) is 5.02 Å². The molecule has 1 fully saturated rings. The number of benzene rings is 1. The molecule has 10 heteroatoms. The van der Waals surface area contributed by atoms with Gasteiger partial charge in [0.1, 0.15) is 11.6 Å². The number of carbonyl (C=O) groups excluding carboxylic acids is 1. The molecule has 2 heterocycles. The molecule has 2 amide bonds. The zero-order chi connectivity index (χ0) is 19.4. The number of urea groups is 1. The van der Waals surface area contributed by atoms with E-state index in [1.165, 1.54) is 32.4 Å². The van der Waals surface area contributed by atoms with Crippen LogP contribution in [0, 0.1) is 5.82 Å². The minimum atomic E-state index is -0.529. The quantitative estimate of drug-likeness (QED) is 0.857. The van der Waals surface area contributed by atoms with Crippen LogP contribution >= 0.6 is 11.6 Å². The first-order valence-electron chi connectivity index (χ1n) is 8.23. The van der Waals surface area contributed by atoms with Gasteiger partial charge in [0, 0.05) is 37.9 Å². The van der Waals surface area contributed by atoms with Gasteiger partial charge in [-0.25, -0.2) is 9.18 Å². The Morgan fingerprint density at radius 2 is 1.89 bits per heavy atom. The van der Waals surface area contributed by atoms with Crippen LogP contribution in [0.1, 0.15) is 0 Å². The molecule has 1 saturated heterocycles. The largest absolute Gasteiger partial charge is 0.481 e. The zero-order valence-corrected chi connectivity index (χ0v) is 15.7. The van der Waals surface area contributed by atoms with E-state index in [1.807, 2.05) is 4.90 Å². The molecule has 27 heavy (non-hydrogen) atoms. The van der Waals surface area contributed by atoms with Gasteiger partial charge in [-0.2, -0.15) is 9.97 Å². The Hall–Kier alpha value is -2.81. The average molecular weight is 396 g/mol. The fraction of sp³-hybridized carbons (Fsp3) is 0.353. The van der Waals surface area contributed by atoms with Gasteiger partial charge in [0.05, 0.1) is 19.2 Å². The Morgan fingerprint density at radius 3 is 2.52 bits per heavy atom. The third-order valence-electron chi connectivity index (χ3n) is 4.12. The fourth-order valence-corrected chi connectivity index (χ4v) is 2.85. The predicted molar refractivity (Wildman–Crippen MR) is 99.4 cm³/mol. The van der Waals surface area contributed by atoms with Crippen molar-refractivity contribution in [2.75, 3.05) is 50.6 Å². The third-order valence-corrected chi connectivity index (χ3v) is 4.41. The number of rotatable bonds is 4. The van der Waals surface area contributed by atoms with Gasteiger partial charge in [-0.05, 0) is 18.2 Å². The predicted octanol–water partition coefficient (Wildman–Crippen LogP) is 2.64. The van der Waals surface area contributed by atoms with Crippen molar-refractivity contribution in [2.45, 2.75) is 0 Å². The van der Waals surface area contributed by atoms with Gasteiger partial charge in [0.15, 0.2) is 0 Å². The molecular formula is C17H19ClFN5O3. The number of hydrogen-bond donors (Lipinski definition) is 1. The number of ether oxygens (including phenoxy) is 2. The number of halogens is 2. The number of aromatic nitrogens is 2. The van der Waals surface area contributed by atoms with E-state index < -0.39 is 5.82 Å². The molecule has 1 aliphatic rings. The standard InChI is InChI=1S/C17H19ClFN5O3/c1-26-15-10-14(21-16(22-15)27-2)23-5-7-24(8-6-23)17(25)20-11-3-4-13(19)12(18)9-11/h3-4,9-10H,5-8H2,1-2H3,(H,20,25). The smallest absolute Gasteiger partial charge is 0.321 e. The molecule has 8 nitrogen and oxygen atoms in total. The number of amides is 2. The van der Waals surface area contributed by atoms with Crippen molar-refractivity contribution in [3.63, 3.8) is 0 Å². The molecule has 2 aromatic rings. The molecule has 0 bridgehead atoms. The van der Waals surface area contributed by atoms with Crippen molar-refractivity contribution in [1.82, 2.24) is 14.9 Å². The summed E-state index contributed by atoms with van der Waals surface area (Å²) < 4.78 is 23.5. The molecular weight excluding hydrogens is 377 g/mol. The maximum absolute atomic E-state index is 13.2. The summed E-state index contributed by atoms with van der Waals surface area (Å²) in [6.45, 7) is 2.16. The highest BCUT2D eigenvalue weighted by Gasteiger charge is 2.23. The number of nitrogens with one attached hydrogen (secondary N) is 1. The lowest BCUT2D eigenvalue weighted by molar-refractivity contribution is 0.208. The van der Waals surface area contributed by atoms with E-state index in [2.05, 4.69) is 15.3 Å². The first-order chi connectivity index (χ1) is 13.0. The van der Waals surface area contributed by atoms with Crippen molar-refractivity contribution in [1.29, 1.82) is 0 Å². The highest BCUT2D eigenvalue weighted by molar-refractivity contribution is 6.31. The normalized spacial score (nSPS) is 14.1. The maximum atomic E-state index is 13.2. The van der Waals surface area contributed by atoms with E-state index in [4.69, 9.17) is 21.1 Å². The highest BCUT2D eigenvalue weighted by Crippen LogP contribution is 2.23. The fourth-order valence-electron chi connectivity index (χ4n) is 2.67. The van der Waals surface area contributed by atoms with Crippen LogP contribution in [0.5, 0.6) is 11.9 Å². The van der Waals surface area contributed by atoms with Crippen LogP contribution in [-0.2, 0) is 0 Å². The molecule has 0 spiro atoms. The SMILES string of the molecule is COc1cc(N2CCN(C(=O)Nc3ccc(F)c(Cl)c3)CC2)nc(OC)n1. The Bertz CT molecular complexity index is 808. The summed E-state index contributed by atoms with van der Waals surface area (Å²) in [6.07, 6.45) is 0. The van der Waals surface area contributed by atoms with Gasteiger partial charge in [0.25, 0.3) is 0 Å². The van der Waals surface area contributed by atoms with Crippen LogP contribution in [0.4, 0.5) is 20.7 Å². The second-order valence-corrected chi connectivity index (χ2v) is 6.20. The number of nitrogens with zero attached hydrogens (tertiary/aromatic N) is 4. The summed E-state index contributed by atoms with van der Waals surface area (Å²) in [5.74, 6) is 0.549. The second kappa shape index (κ2) is 8.26. The van der Waals surface area contributed by atoms with Gasteiger partial charge in [-0.1, -0.05) is 11.6 Å². The maximum Gasteiger partial charge on any atom is 0.321 e. The molecule has 1 aliphatic heterocycles. The molecule has 1 aromatic carbocycles. The van der Waals surface area contributed by atoms with E-state index in [0.717, 1.165) is 0 Å². The third kappa shape index (κ3) is 4.48. The Balaban J connectivity index is 1.61. The molecule has 144 valence electrons. The summed E-state index contributed by atoms with van der Waals surface area (Å²) >= 11 is 5.74. The summed E-state index contributed by atoms with van der Waals surface area (Å²) in [5, 5.41) is 2.68. The van der Waals surface area contributed by atoms with Gasteiger partial charge >= 0.3 is 12.0 Å². The zero-order valence-electron chi connectivity index (χ0n) is 14.9. The van der Waals surface area contributed by atoms with Crippen molar-refractivity contribution >= 4 is 29.1 Å². The van der Waals surface area contributed by atoms with Gasteiger partial charge in [0.2, 0.25) is 5.88 Å². The average Bonchev–Trinajstić information content (AvgIpc) is 2.70. The minimum absolute atomic E-state index is 0.0377. The summed E-state index contributed by atoms with van der Waals surface area (Å²) in [7, 11) is 3.01. The molecule has 0 radical (unpaired) electrons. The molecule has 0 saturated carbocycles. The number of anilines is 2. The van der Waals surface area contributed by atoms with Crippen LogP contribution in [0.25, 0.3) is 0 Å². The highest BCUT2D eigenvalue weighted by atomic mass is 35.5. The monoisotopic (exact) mass is 395 g/mol. The van der Waals surface area contributed by atoms with E-state index in [9.17, 15) is 9.18 Å². The molecule has 0 aliphatic carbocycles. The van der Waals surface area contributed by atoms with E-state index in [1.54, 1.807) is 11.0 Å². The van der Waals surface area contributed by atoms with E-state index in [0.29, 0.717) is 43.6 Å². The lowest BCUT2D eigenvalue weighted by Crippen LogP contribution is -2.50. The van der Waals surface area contributed by atoms with Crippen LogP contribution in [0.15, 0.2) is 24.3 Å². The van der Waals surface area contributed by atoms with Crippen LogP contribution in [-0.4, -0.2) is 61.3 Å². The van der Waals surface area contributed by atoms with Crippen molar-refractivity contribution in [2.24, 2.45) is 0 Å². The lowest BCUT2D eigenvalue weighted by Gasteiger charge is -2.35. The van der Waals surface area contributed by atoms with E-state index >= 15 is 0 Å². The van der Waals surface area contributed by atoms with Crippen LogP contribution < -0.4 is 19.7 Å². The van der Waals surface area contributed by atoms with Crippen molar-refractivity contribution < 1.29 is 18.7 Å². The topological polar surface area (TPSA) is 79.8 Å². The summed E-state index contributed by atoms with van der Waals surface area (Å²) in [6, 6.07) is 5.73. The molecule has 1 aromatic heterocycles. The van der Waals surface area contributed by atoms with Gasteiger partial charge < -0.3 is 24.6 Å². The van der Waals surface area contributed by atoms with Crippen molar-refractivity contribution in [3.05, 3.63) is 35.1 Å². The second-order valence-electron chi connectivity index (χ2n) is 5.79. The van der Waals surface area contributed by atoms with Crippen molar-refractivity contribution in [3.8, 4) is 11.9 Å². The molecule has 3 rings (SSSR count). The summed E-state index contributed by atoms with van der Waals surface area (Å²) in [4.78, 5) is 24.5. The Morgan fingerprint density at radius 1 is 1.15 bits per heavy atom. The molecule has 1 N–H and O–H groups in total. The number of piperazine rings is 1. The van der Waals surface area contributed by atoms with Gasteiger partial charge in [-0.3, -0.25) is 0 Å². The molecule has 0 atom stereocenters. The Kier molecular flexibility index (Phi) is 5.80. The number of hydrogen-bond acceptors (Lipinski definition) is 6. The first-order valence-corrected chi connectivity index (χ1v) is 8.61. The summed E-state index contributed by atoms with van der Waals surface area (Å²) in [5.41, 5.74) is 0.444. The first kappa shape index (κ1) is 19.0. The van der Waals surface area contributed by atoms with Gasteiger partial charge in [-0.15, -0.1) is 0 Å². The minimum Gasteiger partial charge on any atom is -0.481 e. The number of methoxy groups -OCH3 is 2. The lowest BCUT2D eigenvalue weighted by atomic mass is 10.3. The molecule has 0 unspecified atom stereocenters. The van der Waals surface area contributed by atoms with Crippen LogP contribution in [0.3, 0.4) is 0 Å². The number of carbonyl (C=O) groups is 1.